The fourth-order valence-electron chi connectivity index (χ4n) is 3.51. The molecule has 0 saturated carbocycles. The first-order chi connectivity index (χ1) is 12.5. The van der Waals surface area contributed by atoms with Gasteiger partial charge in [0, 0.05) is 43.9 Å². The number of carboxylic acid groups (broad SMARTS) is 1. The maximum absolute atomic E-state index is 13.0. The number of anilines is 1. The van der Waals surface area contributed by atoms with Crippen molar-refractivity contribution >= 4 is 22.0 Å². The van der Waals surface area contributed by atoms with Crippen molar-refractivity contribution in [2.45, 2.75) is 12.5 Å². The second-order valence-corrected chi connectivity index (χ2v) is 8.09. The second kappa shape index (κ2) is 6.29. The first-order valence-corrected chi connectivity index (χ1v) is 9.65. The predicted octanol–water partition coefficient (Wildman–Crippen LogP) is 1.46. The van der Waals surface area contributed by atoms with E-state index in [1.54, 1.807) is 24.3 Å². The molecule has 2 aliphatic heterocycles. The van der Waals surface area contributed by atoms with Gasteiger partial charge in [0.15, 0.2) is 5.76 Å². The minimum absolute atomic E-state index is 0.209. The SMILES string of the molecule is O=C(O)N1CC[C@H](N2CCN(c3cccc(-c4ccno4)c3)S2(=O)=O)C1. The van der Waals surface area contributed by atoms with Gasteiger partial charge in [0.1, 0.15) is 0 Å². The third-order valence-corrected chi connectivity index (χ3v) is 6.82. The maximum atomic E-state index is 13.0. The summed E-state index contributed by atoms with van der Waals surface area (Å²) in [6.07, 6.45) is 1.03. The van der Waals surface area contributed by atoms with Crippen LogP contribution in [0, 0.1) is 0 Å². The molecular weight excluding hydrogens is 360 g/mol. The summed E-state index contributed by atoms with van der Waals surface area (Å²) in [6.45, 7) is 1.23. The number of carbonyl (C=O) groups is 1. The third-order valence-electron chi connectivity index (χ3n) is 4.80. The van der Waals surface area contributed by atoms with Crippen LogP contribution >= 0.6 is 0 Å². The van der Waals surface area contributed by atoms with Crippen LogP contribution in [0.5, 0.6) is 0 Å². The second-order valence-electron chi connectivity index (χ2n) is 6.29. The molecule has 0 aliphatic carbocycles. The zero-order valence-corrected chi connectivity index (χ0v) is 14.7. The smallest absolute Gasteiger partial charge is 0.407 e. The summed E-state index contributed by atoms with van der Waals surface area (Å²) >= 11 is 0. The molecule has 1 atom stereocenters. The Balaban J connectivity index is 1.58. The summed E-state index contributed by atoms with van der Waals surface area (Å²) in [7, 11) is -3.70. The van der Waals surface area contributed by atoms with E-state index < -0.39 is 16.3 Å². The van der Waals surface area contributed by atoms with Gasteiger partial charge in [-0.3, -0.25) is 4.31 Å². The highest BCUT2D eigenvalue weighted by molar-refractivity contribution is 7.90. The van der Waals surface area contributed by atoms with Crippen LogP contribution in [0.4, 0.5) is 10.5 Å². The molecule has 26 heavy (non-hydrogen) atoms. The summed E-state index contributed by atoms with van der Waals surface area (Å²) in [4.78, 5) is 12.4. The Morgan fingerprint density at radius 2 is 2.08 bits per heavy atom. The van der Waals surface area contributed by atoms with Crippen molar-refractivity contribution in [1.82, 2.24) is 14.4 Å². The molecule has 1 N–H and O–H groups in total. The van der Waals surface area contributed by atoms with Crippen LogP contribution in [0.1, 0.15) is 6.42 Å². The standard InChI is InChI=1S/C16H18N4O5S/c21-16(22)18-7-5-14(11-18)20-9-8-19(26(20,23)24)13-3-1-2-12(10-13)15-4-6-17-25-15/h1-4,6,10,14H,5,7-9,11H2,(H,21,22)/t14-/m0/s1. The van der Waals surface area contributed by atoms with Gasteiger partial charge >= 0.3 is 16.3 Å². The zero-order chi connectivity index (χ0) is 18.3. The van der Waals surface area contributed by atoms with Gasteiger partial charge in [-0.1, -0.05) is 17.3 Å². The Kier molecular flexibility index (Phi) is 4.08. The Labute approximate surface area is 150 Å². The quantitative estimate of drug-likeness (QED) is 0.866. The van der Waals surface area contributed by atoms with Crippen LogP contribution in [0.15, 0.2) is 41.1 Å². The molecule has 0 unspecified atom stereocenters. The lowest BCUT2D eigenvalue weighted by molar-refractivity contribution is 0.153. The highest BCUT2D eigenvalue weighted by Gasteiger charge is 2.43. The molecule has 1 amide bonds. The molecule has 138 valence electrons. The summed E-state index contributed by atoms with van der Waals surface area (Å²) in [6, 6.07) is 8.47. The van der Waals surface area contributed by atoms with Crippen LogP contribution in [0.2, 0.25) is 0 Å². The van der Waals surface area contributed by atoms with Crippen molar-refractivity contribution in [3.05, 3.63) is 36.5 Å². The molecule has 9 nitrogen and oxygen atoms in total. The number of amides is 1. The molecule has 2 aromatic rings. The van der Waals surface area contributed by atoms with Crippen molar-refractivity contribution in [3.8, 4) is 11.3 Å². The molecule has 2 aliphatic rings. The van der Waals surface area contributed by atoms with E-state index in [1.165, 1.54) is 19.7 Å². The van der Waals surface area contributed by atoms with E-state index in [4.69, 9.17) is 9.63 Å². The summed E-state index contributed by atoms with van der Waals surface area (Å²) in [5.41, 5.74) is 1.29. The predicted molar refractivity (Wildman–Crippen MR) is 92.9 cm³/mol. The van der Waals surface area contributed by atoms with Gasteiger partial charge < -0.3 is 14.5 Å². The lowest BCUT2D eigenvalue weighted by Crippen LogP contribution is -2.42. The van der Waals surface area contributed by atoms with Crippen LogP contribution in [-0.4, -0.2) is 66.2 Å². The minimum atomic E-state index is -3.70. The van der Waals surface area contributed by atoms with Crippen LogP contribution in [0.3, 0.4) is 0 Å². The number of hydrogen-bond donors (Lipinski definition) is 1. The molecule has 10 heteroatoms. The first kappa shape index (κ1) is 16.9. The number of likely N-dealkylation sites (tertiary alicyclic amines) is 1. The Hall–Kier alpha value is -2.59. The fraction of sp³-hybridized carbons (Fsp3) is 0.375. The minimum Gasteiger partial charge on any atom is -0.465 e. The molecule has 1 aromatic carbocycles. The van der Waals surface area contributed by atoms with Gasteiger partial charge in [-0.15, -0.1) is 0 Å². The van der Waals surface area contributed by atoms with Crippen molar-refractivity contribution in [2.24, 2.45) is 0 Å². The molecule has 1 aromatic heterocycles. The average molecular weight is 378 g/mol. The number of hydrogen-bond acceptors (Lipinski definition) is 5. The normalized spacial score (nSPS) is 22.8. The molecule has 0 bridgehead atoms. The van der Waals surface area contributed by atoms with E-state index in [2.05, 4.69) is 5.16 Å². The number of nitrogens with zero attached hydrogens (tertiary/aromatic N) is 4. The zero-order valence-electron chi connectivity index (χ0n) is 13.9. The summed E-state index contributed by atoms with van der Waals surface area (Å²) < 4.78 is 33.9. The summed E-state index contributed by atoms with van der Waals surface area (Å²) in [5, 5.41) is 12.8. The van der Waals surface area contributed by atoms with Crippen molar-refractivity contribution in [1.29, 1.82) is 0 Å². The van der Waals surface area contributed by atoms with Gasteiger partial charge in [-0.25, -0.2) is 4.79 Å². The van der Waals surface area contributed by atoms with E-state index in [-0.39, 0.29) is 12.6 Å². The van der Waals surface area contributed by atoms with Gasteiger partial charge in [-0.05, 0) is 18.6 Å². The van der Waals surface area contributed by atoms with Gasteiger partial charge in [-0.2, -0.15) is 12.7 Å². The highest BCUT2D eigenvalue weighted by Crippen LogP contribution is 2.32. The molecular formula is C16H18N4O5S. The molecule has 0 spiro atoms. The molecule has 0 radical (unpaired) electrons. The maximum Gasteiger partial charge on any atom is 0.407 e. The van der Waals surface area contributed by atoms with Crippen molar-refractivity contribution in [2.75, 3.05) is 30.5 Å². The van der Waals surface area contributed by atoms with E-state index in [1.807, 2.05) is 6.07 Å². The number of rotatable bonds is 3. The summed E-state index contributed by atoms with van der Waals surface area (Å²) in [5.74, 6) is 0.563. The Morgan fingerprint density at radius 3 is 2.77 bits per heavy atom. The molecule has 2 fully saturated rings. The lowest BCUT2D eigenvalue weighted by atomic mass is 10.1. The molecule has 4 rings (SSSR count). The lowest BCUT2D eigenvalue weighted by Gasteiger charge is -2.24. The van der Waals surface area contributed by atoms with Crippen molar-refractivity contribution < 1.29 is 22.8 Å². The topological polar surface area (TPSA) is 107 Å². The van der Waals surface area contributed by atoms with Gasteiger partial charge in [0.25, 0.3) is 0 Å². The molecule has 3 heterocycles. The van der Waals surface area contributed by atoms with Crippen LogP contribution in [-0.2, 0) is 10.2 Å². The van der Waals surface area contributed by atoms with Crippen LogP contribution < -0.4 is 4.31 Å². The van der Waals surface area contributed by atoms with Crippen molar-refractivity contribution in [3.63, 3.8) is 0 Å². The number of benzene rings is 1. The average Bonchev–Trinajstić information content (AvgIpc) is 3.34. The van der Waals surface area contributed by atoms with E-state index in [0.717, 1.165) is 5.56 Å². The van der Waals surface area contributed by atoms with E-state index in [9.17, 15) is 13.2 Å². The van der Waals surface area contributed by atoms with Gasteiger partial charge in [0.2, 0.25) is 0 Å². The van der Waals surface area contributed by atoms with Crippen LogP contribution in [0.25, 0.3) is 11.3 Å². The van der Waals surface area contributed by atoms with E-state index in [0.29, 0.717) is 37.5 Å². The fourth-order valence-corrected chi connectivity index (χ4v) is 5.32. The first-order valence-electron chi connectivity index (χ1n) is 8.25. The van der Waals surface area contributed by atoms with Gasteiger partial charge in [0.05, 0.1) is 11.9 Å². The number of aromatic nitrogens is 1. The largest absolute Gasteiger partial charge is 0.465 e. The Morgan fingerprint density at radius 1 is 1.23 bits per heavy atom. The highest BCUT2D eigenvalue weighted by atomic mass is 32.2. The van der Waals surface area contributed by atoms with E-state index >= 15 is 0 Å². The molecule has 2 saturated heterocycles. The Bertz CT molecular complexity index is 914. The third kappa shape index (κ3) is 2.80. The monoisotopic (exact) mass is 378 g/mol.